The molecule has 122 valence electrons. The second kappa shape index (κ2) is 11.6. The van der Waals surface area contributed by atoms with Gasteiger partial charge < -0.3 is 20.1 Å². The molecule has 21 heavy (non-hydrogen) atoms. The Kier molecular flexibility index (Phi) is 9.91. The van der Waals surface area contributed by atoms with Crippen LogP contribution in [0.15, 0.2) is 16.6 Å². The third-order valence-electron chi connectivity index (χ3n) is 3.23. The quantitative estimate of drug-likeness (QED) is 0.296. The smallest absolute Gasteiger partial charge is 0.190 e. The molecule has 0 aromatic rings. The van der Waals surface area contributed by atoms with Gasteiger partial charge >= 0.3 is 0 Å². The van der Waals surface area contributed by atoms with Gasteiger partial charge in [-0.3, -0.25) is 4.99 Å². The van der Waals surface area contributed by atoms with E-state index in [1.54, 1.807) is 7.05 Å². The summed E-state index contributed by atoms with van der Waals surface area (Å²) in [5.41, 5.74) is 1.48. The molecule has 0 aromatic carbocycles. The monoisotopic (exact) mass is 297 g/mol. The molecule has 1 heterocycles. The van der Waals surface area contributed by atoms with Crippen LogP contribution in [0.25, 0.3) is 0 Å². The van der Waals surface area contributed by atoms with E-state index in [9.17, 15) is 0 Å². The van der Waals surface area contributed by atoms with Gasteiger partial charge in [0, 0.05) is 33.4 Å². The van der Waals surface area contributed by atoms with Crippen LogP contribution >= 0.6 is 0 Å². The molecule has 0 unspecified atom stereocenters. The molecule has 1 rings (SSSR count). The lowest BCUT2D eigenvalue weighted by Gasteiger charge is -2.15. The summed E-state index contributed by atoms with van der Waals surface area (Å²) in [4.78, 5) is 4.23. The van der Waals surface area contributed by atoms with Gasteiger partial charge in [-0.25, -0.2) is 0 Å². The molecule has 0 bridgehead atoms. The first-order valence-electron chi connectivity index (χ1n) is 8.00. The van der Waals surface area contributed by atoms with Crippen LogP contribution in [0.2, 0.25) is 0 Å². The van der Waals surface area contributed by atoms with Crippen molar-refractivity contribution in [2.75, 3.05) is 46.6 Å². The third-order valence-corrected chi connectivity index (χ3v) is 3.23. The van der Waals surface area contributed by atoms with Crippen LogP contribution in [0.4, 0.5) is 0 Å². The Labute approximate surface area is 129 Å². The van der Waals surface area contributed by atoms with Gasteiger partial charge in [0.05, 0.1) is 13.2 Å². The standard InChI is InChI=1S/C16H31N3O2/c1-14(2)13-21-10-4-8-18-16(17-3)19-9-5-15-6-11-20-12-7-15/h6,14H,4-5,7-13H2,1-3H3,(H2,17,18,19). The number of ether oxygens (including phenoxy) is 2. The van der Waals surface area contributed by atoms with Crippen molar-refractivity contribution in [3.8, 4) is 0 Å². The molecular weight excluding hydrogens is 266 g/mol. The fourth-order valence-electron chi connectivity index (χ4n) is 2.05. The van der Waals surface area contributed by atoms with Crippen molar-refractivity contribution in [2.24, 2.45) is 10.9 Å². The lowest BCUT2D eigenvalue weighted by atomic mass is 10.1. The van der Waals surface area contributed by atoms with Crippen molar-refractivity contribution >= 4 is 5.96 Å². The Morgan fingerprint density at radius 3 is 2.86 bits per heavy atom. The van der Waals surface area contributed by atoms with Gasteiger partial charge in [0.1, 0.15) is 0 Å². The number of rotatable bonds is 9. The minimum Gasteiger partial charge on any atom is -0.381 e. The van der Waals surface area contributed by atoms with Crippen LogP contribution < -0.4 is 10.6 Å². The highest BCUT2D eigenvalue weighted by molar-refractivity contribution is 5.79. The van der Waals surface area contributed by atoms with E-state index in [1.165, 1.54) is 5.57 Å². The molecule has 1 aliphatic rings. The Balaban J connectivity index is 2.02. The zero-order valence-electron chi connectivity index (χ0n) is 13.8. The minimum atomic E-state index is 0.604. The number of guanidine groups is 1. The minimum absolute atomic E-state index is 0.604. The predicted molar refractivity (Wildman–Crippen MR) is 87.8 cm³/mol. The first kappa shape index (κ1) is 18.0. The van der Waals surface area contributed by atoms with E-state index in [-0.39, 0.29) is 0 Å². The highest BCUT2D eigenvalue weighted by Gasteiger charge is 2.04. The molecule has 0 aromatic heterocycles. The van der Waals surface area contributed by atoms with E-state index in [0.717, 1.165) is 64.7 Å². The maximum Gasteiger partial charge on any atom is 0.190 e. The van der Waals surface area contributed by atoms with Crippen molar-refractivity contribution in [1.29, 1.82) is 0 Å². The van der Waals surface area contributed by atoms with Gasteiger partial charge in [0.2, 0.25) is 0 Å². The van der Waals surface area contributed by atoms with Crippen LogP contribution in [0.5, 0.6) is 0 Å². The fraction of sp³-hybridized carbons (Fsp3) is 0.812. The summed E-state index contributed by atoms with van der Waals surface area (Å²) in [6.07, 6.45) is 5.30. The lowest BCUT2D eigenvalue weighted by molar-refractivity contribution is 0.108. The van der Waals surface area contributed by atoms with Crippen LogP contribution in [-0.4, -0.2) is 52.5 Å². The highest BCUT2D eigenvalue weighted by atomic mass is 16.5. The predicted octanol–water partition coefficient (Wildman–Crippen LogP) is 1.95. The van der Waals surface area contributed by atoms with Crippen molar-refractivity contribution in [3.63, 3.8) is 0 Å². The molecule has 5 heteroatoms. The average Bonchev–Trinajstić information content (AvgIpc) is 2.49. The number of hydrogen-bond donors (Lipinski definition) is 2. The zero-order valence-corrected chi connectivity index (χ0v) is 13.8. The highest BCUT2D eigenvalue weighted by Crippen LogP contribution is 2.10. The third kappa shape index (κ3) is 9.47. The van der Waals surface area contributed by atoms with Crippen LogP contribution in [0.1, 0.15) is 33.1 Å². The summed E-state index contributed by atoms with van der Waals surface area (Å²) in [5, 5.41) is 6.65. The molecule has 2 N–H and O–H groups in total. The zero-order chi connectivity index (χ0) is 15.3. The topological polar surface area (TPSA) is 54.9 Å². The van der Waals surface area contributed by atoms with Gasteiger partial charge in [0.25, 0.3) is 0 Å². The molecule has 0 atom stereocenters. The molecule has 0 saturated carbocycles. The summed E-state index contributed by atoms with van der Waals surface area (Å²) < 4.78 is 10.9. The average molecular weight is 297 g/mol. The van der Waals surface area contributed by atoms with Crippen molar-refractivity contribution in [3.05, 3.63) is 11.6 Å². The van der Waals surface area contributed by atoms with Crippen molar-refractivity contribution in [2.45, 2.75) is 33.1 Å². The molecular formula is C16H31N3O2. The Hall–Kier alpha value is -1.07. The number of nitrogens with zero attached hydrogens (tertiary/aromatic N) is 1. The maximum absolute atomic E-state index is 5.55. The molecule has 0 radical (unpaired) electrons. The first-order valence-corrected chi connectivity index (χ1v) is 8.00. The SMILES string of the molecule is CN=C(NCCCOCC(C)C)NCCC1=CCOCC1. The summed E-state index contributed by atoms with van der Waals surface area (Å²) in [6, 6.07) is 0. The molecule has 0 saturated heterocycles. The van der Waals surface area contributed by atoms with Crippen LogP contribution in [0.3, 0.4) is 0 Å². The summed E-state index contributed by atoms with van der Waals surface area (Å²) in [7, 11) is 1.80. The Morgan fingerprint density at radius 1 is 1.38 bits per heavy atom. The molecule has 0 aliphatic carbocycles. The summed E-state index contributed by atoms with van der Waals surface area (Å²) >= 11 is 0. The van der Waals surface area contributed by atoms with Crippen LogP contribution in [0, 0.1) is 5.92 Å². The second-order valence-corrected chi connectivity index (χ2v) is 5.69. The van der Waals surface area contributed by atoms with E-state index >= 15 is 0 Å². The summed E-state index contributed by atoms with van der Waals surface area (Å²) in [5.74, 6) is 1.47. The van der Waals surface area contributed by atoms with Gasteiger partial charge in [-0.15, -0.1) is 0 Å². The normalized spacial score (nSPS) is 16.0. The van der Waals surface area contributed by atoms with Gasteiger partial charge in [0.15, 0.2) is 5.96 Å². The summed E-state index contributed by atoms with van der Waals surface area (Å²) in [6.45, 7) is 9.38. The van der Waals surface area contributed by atoms with E-state index in [2.05, 4.69) is 35.5 Å². The molecule has 1 aliphatic heterocycles. The number of aliphatic imine (C=N–C) groups is 1. The Morgan fingerprint density at radius 2 is 2.19 bits per heavy atom. The van der Waals surface area contributed by atoms with E-state index in [4.69, 9.17) is 9.47 Å². The van der Waals surface area contributed by atoms with Crippen molar-refractivity contribution < 1.29 is 9.47 Å². The second-order valence-electron chi connectivity index (χ2n) is 5.69. The lowest BCUT2D eigenvalue weighted by Crippen LogP contribution is -2.38. The molecule has 0 amide bonds. The Bertz CT molecular complexity index is 327. The van der Waals surface area contributed by atoms with E-state index < -0.39 is 0 Å². The molecule has 5 nitrogen and oxygen atoms in total. The molecule has 0 spiro atoms. The fourth-order valence-corrected chi connectivity index (χ4v) is 2.05. The van der Waals surface area contributed by atoms with Crippen molar-refractivity contribution in [1.82, 2.24) is 10.6 Å². The van der Waals surface area contributed by atoms with Crippen LogP contribution in [-0.2, 0) is 9.47 Å². The van der Waals surface area contributed by atoms with E-state index in [0.29, 0.717) is 5.92 Å². The number of hydrogen-bond acceptors (Lipinski definition) is 3. The van der Waals surface area contributed by atoms with Gasteiger partial charge in [-0.05, 0) is 25.2 Å². The molecule has 0 fully saturated rings. The largest absolute Gasteiger partial charge is 0.381 e. The maximum atomic E-state index is 5.55. The van der Waals surface area contributed by atoms with Gasteiger partial charge in [-0.1, -0.05) is 25.5 Å². The number of nitrogens with one attached hydrogen (secondary N) is 2. The first-order chi connectivity index (χ1) is 10.2. The van der Waals surface area contributed by atoms with E-state index in [1.807, 2.05) is 0 Å². The van der Waals surface area contributed by atoms with Gasteiger partial charge in [-0.2, -0.15) is 0 Å².